The second-order valence-electron chi connectivity index (χ2n) is 6.84. The third-order valence-electron chi connectivity index (χ3n) is 5.20. The fourth-order valence-corrected chi connectivity index (χ4v) is 3.82. The van der Waals surface area contributed by atoms with Crippen molar-refractivity contribution < 1.29 is 13.6 Å². The molecule has 1 aromatic carbocycles. The van der Waals surface area contributed by atoms with Gasteiger partial charge in [0.05, 0.1) is 35.0 Å². The fourth-order valence-electron chi connectivity index (χ4n) is 3.82. The molecule has 4 aromatic rings. The van der Waals surface area contributed by atoms with Gasteiger partial charge in [-0.15, -0.1) is 0 Å². The number of amides is 1. The van der Waals surface area contributed by atoms with Crippen LogP contribution in [0.2, 0.25) is 0 Å². The molecular formula is C20H16F2N6O. The lowest BCUT2D eigenvalue weighted by Gasteiger charge is -2.34. The molecule has 29 heavy (non-hydrogen) atoms. The summed E-state index contributed by atoms with van der Waals surface area (Å²) in [5, 5.41) is 6.85. The van der Waals surface area contributed by atoms with Crippen LogP contribution in [0.15, 0.2) is 48.9 Å². The van der Waals surface area contributed by atoms with Gasteiger partial charge >= 0.3 is 0 Å². The Morgan fingerprint density at radius 3 is 2.93 bits per heavy atom. The first-order valence-electron chi connectivity index (χ1n) is 9.13. The highest BCUT2D eigenvalue weighted by Gasteiger charge is 2.37. The van der Waals surface area contributed by atoms with Crippen molar-refractivity contribution in [1.82, 2.24) is 30.0 Å². The second-order valence-corrected chi connectivity index (χ2v) is 6.84. The number of para-hydroxylation sites is 1. The summed E-state index contributed by atoms with van der Waals surface area (Å²) in [5.74, 6) is -0.525. The summed E-state index contributed by atoms with van der Waals surface area (Å²) >= 11 is 0. The third kappa shape index (κ3) is 2.86. The number of imidazole rings is 1. The Morgan fingerprint density at radius 2 is 2.07 bits per heavy atom. The van der Waals surface area contributed by atoms with E-state index >= 15 is 0 Å². The van der Waals surface area contributed by atoms with Crippen LogP contribution in [-0.4, -0.2) is 42.5 Å². The number of carbonyl (C=O) groups excluding carboxylic acids is 1. The normalized spacial score (nSPS) is 16.4. The van der Waals surface area contributed by atoms with Gasteiger partial charge in [-0.2, -0.15) is 5.10 Å². The topological polar surface area (TPSA) is 90.6 Å². The lowest BCUT2D eigenvalue weighted by molar-refractivity contribution is 0.0675. The van der Waals surface area contributed by atoms with Crippen LogP contribution in [0.5, 0.6) is 0 Å². The molecule has 9 heteroatoms. The van der Waals surface area contributed by atoms with Gasteiger partial charge in [0, 0.05) is 24.0 Å². The lowest BCUT2D eigenvalue weighted by Crippen LogP contribution is -2.41. The maximum absolute atomic E-state index is 13.3. The molecule has 1 amide bonds. The SMILES string of the molecule is O=C(c1cn[nH]c1C(F)F)N1CCc2[nH]cnc2[C@H]1c1ccc2ccccc2n1. The van der Waals surface area contributed by atoms with E-state index in [0.29, 0.717) is 24.4 Å². The van der Waals surface area contributed by atoms with Crippen molar-refractivity contribution >= 4 is 16.8 Å². The Hall–Kier alpha value is -3.62. The first kappa shape index (κ1) is 17.5. The average molecular weight is 394 g/mol. The zero-order valence-corrected chi connectivity index (χ0v) is 15.1. The molecule has 2 N–H and O–H groups in total. The molecule has 0 saturated heterocycles. The second kappa shape index (κ2) is 6.77. The van der Waals surface area contributed by atoms with Gasteiger partial charge in [-0.1, -0.05) is 24.3 Å². The van der Waals surface area contributed by atoms with E-state index in [4.69, 9.17) is 4.98 Å². The molecule has 0 aliphatic carbocycles. The first-order valence-corrected chi connectivity index (χ1v) is 9.13. The van der Waals surface area contributed by atoms with Crippen molar-refractivity contribution in [3.63, 3.8) is 0 Å². The third-order valence-corrected chi connectivity index (χ3v) is 5.20. The van der Waals surface area contributed by atoms with E-state index < -0.39 is 24.1 Å². The van der Waals surface area contributed by atoms with Gasteiger partial charge < -0.3 is 9.88 Å². The monoisotopic (exact) mass is 394 g/mol. The molecule has 146 valence electrons. The number of nitrogens with one attached hydrogen (secondary N) is 2. The molecule has 0 unspecified atom stereocenters. The highest BCUT2D eigenvalue weighted by atomic mass is 19.3. The number of halogens is 2. The number of benzene rings is 1. The van der Waals surface area contributed by atoms with E-state index in [1.807, 2.05) is 36.4 Å². The number of aromatic amines is 2. The molecule has 0 spiro atoms. The molecule has 0 saturated carbocycles. The molecule has 0 fully saturated rings. The van der Waals surface area contributed by atoms with Gasteiger partial charge in [-0.3, -0.25) is 14.9 Å². The molecule has 0 bridgehead atoms. The van der Waals surface area contributed by atoms with Crippen LogP contribution < -0.4 is 0 Å². The van der Waals surface area contributed by atoms with Crippen LogP contribution in [0.4, 0.5) is 8.78 Å². The highest BCUT2D eigenvalue weighted by molar-refractivity contribution is 5.96. The van der Waals surface area contributed by atoms with Gasteiger partial charge in [-0.05, 0) is 12.1 Å². The lowest BCUT2D eigenvalue weighted by atomic mass is 9.97. The number of rotatable bonds is 3. The first-order chi connectivity index (χ1) is 14.1. The zero-order valence-electron chi connectivity index (χ0n) is 15.1. The van der Waals surface area contributed by atoms with Gasteiger partial charge in [0.25, 0.3) is 12.3 Å². The Morgan fingerprint density at radius 1 is 1.21 bits per heavy atom. The smallest absolute Gasteiger partial charge is 0.280 e. The van der Waals surface area contributed by atoms with Crippen LogP contribution in [0.25, 0.3) is 10.9 Å². The quantitative estimate of drug-likeness (QED) is 0.557. The maximum Gasteiger partial charge on any atom is 0.280 e. The predicted molar refractivity (Wildman–Crippen MR) is 100 cm³/mol. The van der Waals surface area contributed by atoms with Gasteiger partial charge in [0.2, 0.25) is 0 Å². The van der Waals surface area contributed by atoms with Crippen molar-refractivity contribution in [1.29, 1.82) is 0 Å². The summed E-state index contributed by atoms with van der Waals surface area (Å²) in [6.45, 7) is 0.348. The summed E-state index contributed by atoms with van der Waals surface area (Å²) in [7, 11) is 0. The molecular weight excluding hydrogens is 378 g/mol. The average Bonchev–Trinajstić information content (AvgIpc) is 3.41. The van der Waals surface area contributed by atoms with Crippen LogP contribution >= 0.6 is 0 Å². The van der Waals surface area contributed by atoms with Crippen molar-refractivity contribution in [2.75, 3.05) is 6.54 Å². The summed E-state index contributed by atoms with van der Waals surface area (Å²) in [4.78, 5) is 27.0. The number of hydrogen-bond acceptors (Lipinski definition) is 4. The molecule has 5 rings (SSSR count). The van der Waals surface area contributed by atoms with Gasteiger partial charge in [-0.25, -0.2) is 13.8 Å². The molecule has 1 aliphatic heterocycles. The number of pyridine rings is 1. The Bertz CT molecular complexity index is 1200. The molecule has 3 aromatic heterocycles. The van der Waals surface area contributed by atoms with Crippen molar-refractivity contribution in [3.8, 4) is 0 Å². The minimum absolute atomic E-state index is 0.134. The molecule has 1 aliphatic rings. The molecule has 1 atom stereocenters. The summed E-state index contributed by atoms with van der Waals surface area (Å²) < 4.78 is 26.6. The van der Waals surface area contributed by atoms with Crippen LogP contribution in [0.1, 0.15) is 45.6 Å². The molecule has 4 heterocycles. The summed E-state index contributed by atoms with van der Waals surface area (Å²) in [6.07, 6.45) is 0.455. The number of aromatic nitrogens is 5. The minimum atomic E-state index is -2.82. The Kier molecular flexibility index (Phi) is 4.08. The van der Waals surface area contributed by atoms with Crippen molar-refractivity contribution in [2.24, 2.45) is 0 Å². The predicted octanol–water partition coefficient (Wildman–Crippen LogP) is 3.41. The van der Waals surface area contributed by atoms with Crippen molar-refractivity contribution in [2.45, 2.75) is 18.9 Å². The summed E-state index contributed by atoms with van der Waals surface area (Å²) in [6, 6.07) is 10.9. The van der Waals surface area contributed by atoms with Gasteiger partial charge in [0.1, 0.15) is 11.7 Å². The number of fused-ring (bicyclic) bond motifs is 2. The number of alkyl halides is 2. The highest BCUT2D eigenvalue weighted by Crippen LogP contribution is 2.35. The van der Waals surface area contributed by atoms with Crippen LogP contribution in [-0.2, 0) is 6.42 Å². The number of nitrogens with zero attached hydrogens (tertiary/aromatic N) is 4. The fraction of sp³-hybridized carbons (Fsp3) is 0.200. The van der Waals surface area contributed by atoms with E-state index in [0.717, 1.165) is 22.8 Å². The van der Waals surface area contributed by atoms with E-state index in [1.54, 1.807) is 6.33 Å². The number of hydrogen-bond donors (Lipinski definition) is 2. The van der Waals surface area contributed by atoms with Gasteiger partial charge in [0.15, 0.2) is 0 Å². The Balaban J connectivity index is 1.62. The van der Waals surface area contributed by atoms with Crippen LogP contribution in [0.3, 0.4) is 0 Å². The largest absolute Gasteiger partial charge is 0.348 e. The maximum atomic E-state index is 13.3. The standard InChI is InChI=1S/C20H16F2N6O/c21-19(22)16-12(9-25-27-16)20(29)28-8-7-14-17(24-10-23-14)18(28)15-6-5-11-3-1-2-4-13(11)26-15/h1-6,9-10,18-19H,7-8H2,(H,23,24)(H,25,27)/t18-/m1/s1. The number of H-pyrrole nitrogens is 2. The molecule has 0 radical (unpaired) electrons. The van der Waals surface area contributed by atoms with E-state index in [2.05, 4.69) is 20.2 Å². The molecule has 7 nitrogen and oxygen atoms in total. The van der Waals surface area contributed by atoms with E-state index in [9.17, 15) is 13.6 Å². The summed E-state index contributed by atoms with van der Waals surface area (Å²) in [5.41, 5.74) is 2.39. The Labute approximate surface area is 163 Å². The van der Waals surface area contributed by atoms with Crippen molar-refractivity contribution in [3.05, 3.63) is 77.3 Å². The van der Waals surface area contributed by atoms with E-state index in [1.165, 1.54) is 4.90 Å². The number of carbonyl (C=O) groups is 1. The zero-order chi connectivity index (χ0) is 20.0. The van der Waals surface area contributed by atoms with E-state index in [-0.39, 0.29) is 5.56 Å². The minimum Gasteiger partial charge on any atom is -0.348 e. The van der Waals surface area contributed by atoms with Crippen LogP contribution in [0, 0.1) is 0 Å².